The number of nitrogens with zero attached hydrogens (tertiary/aromatic N) is 2. The summed E-state index contributed by atoms with van der Waals surface area (Å²) in [5.41, 5.74) is 0. The van der Waals surface area contributed by atoms with Crippen LogP contribution in [0.5, 0.6) is 0 Å². The van der Waals surface area contributed by atoms with Crippen molar-refractivity contribution in [2.24, 2.45) is 0 Å². The summed E-state index contributed by atoms with van der Waals surface area (Å²) in [6.07, 6.45) is 3.34. The van der Waals surface area contributed by atoms with E-state index >= 15 is 0 Å². The molecule has 1 N–H and O–H groups in total. The second kappa shape index (κ2) is 6.50. The highest BCUT2D eigenvalue weighted by atomic mass is 16.5. The van der Waals surface area contributed by atoms with Crippen molar-refractivity contribution in [3.05, 3.63) is 0 Å². The Morgan fingerprint density at radius 1 is 1.39 bits per heavy atom. The number of aliphatic hydroxyl groups excluding tert-OH is 1. The average Bonchev–Trinajstić information content (AvgIpc) is 2.39. The number of piperidine rings is 1. The molecule has 0 aromatic heterocycles. The van der Waals surface area contributed by atoms with Crippen molar-refractivity contribution < 1.29 is 14.6 Å². The molecule has 2 aliphatic heterocycles. The minimum atomic E-state index is -0.134. The van der Waals surface area contributed by atoms with Crippen molar-refractivity contribution in [3.63, 3.8) is 0 Å². The van der Waals surface area contributed by atoms with Crippen LogP contribution in [0.4, 0.5) is 0 Å². The van der Waals surface area contributed by atoms with Gasteiger partial charge in [-0.25, -0.2) is 0 Å². The maximum atomic E-state index is 12.3. The Balaban J connectivity index is 1.82. The first-order valence-corrected chi connectivity index (χ1v) is 6.95. The highest BCUT2D eigenvalue weighted by Crippen LogP contribution is 2.17. The summed E-state index contributed by atoms with van der Waals surface area (Å²) in [6.45, 7) is 5.57. The Kier molecular flexibility index (Phi) is 4.97. The molecule has 0 spiro atoms. The molecule has 2 atom stereocenters. The van der Waals surface area contributed by atoms with Crippen molar-refractivity contribution in [1.29, 1.82) is 0 Å². The third kappa shape index (κ3) is 3.43. The number of carbonyl (C=O) groups is 1. The lowest BCUT2D eigenvalue weighted by atomic mass is 10.0. The number of amides is 1. The number of morpholine rings is 1. The summed E-state index contributed by atoms with van der Waals surface area (Å²) in [5.74, 6) is 0.223. The first-order valence-electron chi connectivity index (χ1n) is 6.95. The van der Waals surface area contributed by atoms with Gasteiger partial charge in [0.05, 0.1) is 25.9 Å². The molecule has 0 aromatic carbocycles. The van der Waals surface area contributed by atoms with Gasteiger partial charge in [0.25, 0.3) is 0 Å². The van der Waals surface area contributed by atoms with Crippen LogP contribution in [0.1, 0.15) is 26.2 Å². The van der Waals surface area contributed by atoms with Crippen LogP contribution >= 0.6 is 0 Å². The van der Waals surface area contributed by atoms with Gasteiger partial charge in [0.2, 0.25) is 5.91 Å². The van der Waals surface area contributed by atoms with Crippen molar-refractivity contribution in [1.82, 2.24) is 9.80 Å². The molecule has 2 unspecified atom stereocenters. The molecule has 0 bridgehead atoms. The van der Waals surface area contributed by atoms with Gasteiger partial charge in [0.15, 0.2) is 0 Å². The van der Waals surface area contributed by atoms with Crippen molar-refractivity contribution in [2.45, 2.75) is 38.3 Å². The van der Waals surface area contributed by atoms with E-state index in [1.54, 1.807) is 0 Å². The van der Waals surface area contributed by atoms with Gasteiger partial charge in [0.1, 0.15) is 0 Å². The Labute approximate surface area is 109 Å². The van der Waals surface area contributed by atoms with Crippen LogP contribution < -0.4 is 0 Å². The molecule has 5 nitrogen and oxygen atoms in total. The standard InChI is InChI=1S/C13H24N2O3/c1-11-4-2-3-5-15(11)13(17)9-14-6-7-18-12(8-14)10-16/h11-12,16H,2-10H2,1H3. The Bertz CT molecular complexity index is 285. The zero-order valence-electron chi connectivity index (χ0n) is 11.2. The largest absolute Gasteiger partial charge is 0.394 e. The number of likely N-dealkylation sites (tertiary alicyclic amines) is 1. The molecule has 5 heteroatoms. The number of rotatable bonds is 3. The molecule has 104 valence electrons. The first kappa shape index (κ1) is 13.8. The molecule has 2 fully saturated rings. The minimum Gasteiger partial charge on any atom is -0.394 e. The summed E-state index contributed by atoms with van der Waals surface area (Å²) >= 11 is 0. The monoisotopic (exact) mass is 256 g/mol. The zero-order valence-corrected chi connectivity index (χ0v) is 11.2. The van der Waals surface area contributed by atoms with Gasteiger partial charge in [-0.05, 0) is 26.2 Å². The smallest absolute Gasteiger partial charge is 0.236 e. The highest BCUT2D eigenvalue weighted by molar-refractivity contribution is 5.78. The zero-order chi connectivity index (χ0) is 13.0. The van der Waals surface area contributed by atoms with Crippen molar-refractivity contribution in [2.75, 3.05) is 39.4 Å². The van der Waals surface area contributed by atoms with Crippen molar-refractivity contribution in [3.8, 4) is 0 Å². The van der Waals surface area contributed by atoms with E-state index in [1.807, 2.05) is 4.90 Å². The molecule has 18 heavy (non-hydrogen) atoms. The normalized spacial score (nSPS) is 30.4. The maximum Gasteiger partial charge on any atom is 0.236 e. The molecular weight excluding hydrogens is 232 g/mol. The van der Waals surface area contributed by atoms with Crippen LogP contribution in [0.25, 0.3) is 0 Å². The van der Waals surface area contributed by atoms with Gasteiger partial charge in [-0.15, -0.1) is 0 Å². The molecule has 2 saturated heterocycles. The second-order valence-corrected chi connectivity index (χ2v) is 5.34. The third-order valence-electron chi connectivity index (χ3n) is 3.91. The Hall–Kier alpha value is -0.650. The van der Waals surface area contributed by atoms with Gasteiger partial charge < -0.3 is 14.7 Å². The predicted molar refractivity (Wildman–Crippen MR) is 68.3 cm³/mol. The molecule has 2 rings (SSSR count). The summed E-state index contributed by atoms with van der Waals surface area (Å²) in [7, 11) is 0. The predicted octanol–water partition coefficient (Wildman–Crippen LogP) is 0.0805. The van der Waals surface area contributed by atoms with Crippen molar-refractivity contribution >= 4 is 5.91 Å². The van der Waals surface area contributed by atoms with Gasteiger partial charge in [0, 0.05) is 25.7 Å². The highest BCUT2D eigenvalue weighted by Gasteiger charge is 2.27. The maximum absolute atomic E-state index is 12.3. The molecule has 2 heterocycles. The number of hydrogen-bond donors (Lipinski definition) is 1. The average molecular weight is 256 g/mol. The van der Waals surface area contributed by atoms with E-state index in [1.165, 1.54) is 6.42 Å². The second-order valence-electron chi connectivity index (χ2n) is 5.34. The minimum absolute atomic E-state index is 0.0325. The lowest BCUT2D eigenvalue weighted by Crippen LogP contribution is -2.51. The molecule has 0 aliphatic carbocycles. The molecule has 2 aliphatic rings. The van der Waals surface area contributed by atoms with Gasteiger partial charge in [-0.3, -0.25) is 9.69 Å². The van der Waals surface area contributed by atoms with Crippen LogP contribution in [0.2, 0.25) is 0 Å². The third-order valence-corrected chi connectivity index (χ3v) is 3.91. The van der Waals surface area contributed by atoms with Crippen LogP contribution in [-0.2, 0) is 9.53 Å². The van der Waals surface area contributed by atoms with Crippen LogP contribution in [0.3, 0.4) is 0 Å². The van der Waals surface area contributed by atoms with Crippen LogP contribution in [0, 0.1) is 0 Å². The molecule has 0 saturated carbocycles. The fourth-order valence-electron chi connectivity index (χ4n) is 2.79. The topological polar surface area (TPSA) is 53.0 Å². The fraction of sp³-hybridized carbons (Fsp3) is 0.923. The van der Waals surface area contributed by atoms with Gasteiger partial charge >= 0.3 is 0 Å². The van der Waals surface area contributed by atoms with E-state index in [0.717, 1.165) is 25.9 Å². The summed E-state index contributed by atoms with van der Waals surface area (Å²) in [5, 5.41) is 9.09. The molecule has 0 aromatic rings. The summed E-state index contributed by atoms with van der Waals surface area (Å²) < 4.78 is 5.39. The Morgan fingerprint density at radius 3 is 2.94 bits per heavy atom. The van der Waals surface area contributed by atoms with E-state index in [-0.39, 0.29) is 18.6 Å². The van der Waals surface area contributed by atoms with Gasteiger partial charge in [-0.1, -0.05) is 0 Å². The van der Waals surface area contributed by atoms with Crippen LogP contribution in [-0.4, -0.2) is 72.4 Å². The molecule has 0 radical (unpaired) electrons. The van der Waals surface area contributed by atoms with Crippen LogP contribution in [0.15, 0.2) is 0 Å². The van der Waals surface area contributed by atoms with Gasteiger partial charge in [-0.2, -0.15) is 0 Å². The number of ether oxygens (including phenoxy) is 1. The molecule has 1 amide bonds. The SMILES string of the molecule is CC1CCCCN1C(=O)CN1CCOC(CO)C1. The summed E-state index contributed by atoms with van der Waals surface area (Å²) in [4.78, 5) is 16.4. The number of hydrogen-bond acceptors (Lipinski definition) is 4. The van der Waals surface area contributed by atoms with E-state index in [2.05, 4.69) is 11.8 Å². The number of carbonyl (C=O) groups excluding carboxylic acids is 1. The number of aliphatic hydroxyl groups is 1. The van der Waals surface area contributed by atoms with E-state index in [9.17, 15) is 4.79 Å². The Morgan fingerprint density at radius 2 is 2.22 bits per heavy atom. The van der Waals surface area contributed by atoms with E-state index in [4.69, 9.17) is 9.84 Å². The quantitative estimate of drug-likeness (QED) is 0.777. The first-order chi connectivity index (χ1) is 8.70. The van der Waals surface area contributed by atoms with E-state index in [0.29, 0.717) is 25.7 Å². The summed E-state index contributed by atoms with van der Waals surface area (Å²) in [6, 6.07) is 0.376. The molecular formula is C13H24N2O3. The van der Waals surface area contributed by atoms with E-state index < -0.39 is 0 Å². The lowest BCUT2D eigenvalue weighted by molar-refractivity contribution is -0.138. The fourth-order valence-corrected chi connectivity index (χ4v) is 2.79. The lowest BCUT2D eigenvalue weighted by Gasteiger charge is -2.37.